The van der Waals surface area contributed by atoms with Crippen molar-refractivity contribution in [2.75, 3.05) is 5.32 Å². The van der Waals surface area contributed by atoms with E-state index < -0.39 is 0 Å². The van der Waals surface area contributed by atoms with E-state index in [0.29, 0.717) is 5.02 Å². The highest BCUT2D eigenvalue weighted by Gasteiger charge is 2.17. The Kier molecular flexibility index (Phi) is 5.01. The van der Waals surface area contributed by atoms with Crippen LogP contribution in [0.1, 0.15) is 13.8 Å². The van der Waals surface area contributed by atoms with Crippen molar-refractivity contribution in [2.45, 2.75) is 19.9 Å². The first-order valence-electron chi connectivity index (χ1n) is 4.93. The van der Waals surface area contributed by atoms with Gasteiger partial charge in [0.25, 0.3) is 0 Å². The minimum absolute atomic E-state index is 0.0739. The number of amides is 1. The Morgan fingerprint density at radius 1 is 1.50 bits per heavy atom. The van der Waals surface area contributed by atoms with Crippen molar-refractivity contribution in [1.29, 1.82) is 0 Å². The molecule has 5 heteroatoms. The summed E-state index contributed by atoms with van der Waals surface area (Å²) in [5, 5.41) is 3.49. The molecule has 2 atom stereocenters. The van der Waals surface area contributed by atoms with Crippen LogP contribution in [0.4, 0.5) is 5.69 Å². The number of anilines is 1. The topological polar surface area (TPSA) is 55.1 Å². The number of benzene rings is 1. The third kappa shape index (κ3) is 3.61. The Morgan fingerprint density at radius 2 is 2.12 bits per heavy atom. The molecular formula is C11H14ClIN2O. The number of hydrogen-bond acceptors (Lipinski definition) is 2. The second-order valence-corrected chi connectivity index (χ2v) is 5.36. The SMILES string of the molecule is CC(N)C(C)C(=O)Nc1ccc(Cl)cc1I. The van der Waals surface area contributed by atoms with Crippen LogP contribution in [0.25, 0.3) is 0 Å². The average Bonchev–Trinajstić information content (AvgIpc) is 2.20. The first kappa shape index (κ1) is 13.7. The third-order valence-corrected chi connectivity index (χ3v) is 3.52. The molecule has 0 aliphatic carbocycles. The summed E-state index contributed by atoms with van der Waals surface area (Å²) in [6.07, 6.45) is 0. The van der Waals surface area contributed by atoms with Crippen LogP contribution in [0.2, 0.25) is 5.02 Å². The van der Waals surface area contributed by atoms with Gasteiger partial charge in [0.15, 0.2) is 0 Å². The van der Waals surface area contributed by atoms with Gasteiger partial charge in [-0.3, -0.25) is 4.79 Å². The predicted molar refractivity (Wildman–Crippen MR) is 75.6 cm³/mol. The highest BCUT2D eigenvalue weighted by Crippen LogP contribution is 2.22. The van der Waals surface area contributed by atoms with E-state index in [2.05, 4.69) is 27.9 Å². The Hall–Kier alpha value is -0.330. The smallest absolute Gasteiger partial charge is 0.228 e. The summed E-state index contributed by atoms with van der Waals surface area (Å²) in [7, 11) is 0. The number of nitrogens with one attached hydrogen (secondary N) is 1. The Morgan fingerprint density at radius 3 is 2.62 bits per heavy atom. The van der Waals surface area contributed by atoms with Crippen molar-refractivity contribution in [3.05, 3.63) is 26.8 Å². The van der Waals surface area contributed by atoms with Crippen LogP contribution < -0.4 is 11.1 Å². The molecular weight excluding hydrogens is 338 g/mol. The number of carbonyl (C=O) groups is 1. The molecule has 16 heavy (non-hydrogen) atoms. The van der Waals surface area contributed by atoms with E-state index in [9.17, 15) is 4.79 Å². The summed E-state index contributed by atoms with van der Waals surface area (Å²) in [5.74, 6) is -0.290. The molecule has 0 spiro atoms. The van der Waals surface area contributed by atoms with Crippen LogP contribution in [0.15, 0.2) is 18.2 Å². The van der Waals surface area contributed by atoms with Gasteiger partial charge in [0.2, 0.25) is 5.91 Å². The van der Waals surface area contributed by atoms with Crippen molar-refractivity contribution in [1.82, 2.24) is 0 Å². The molecule has 3 N–H and O–H groups in total. The lowest BCUT2D eigenvalue weighted by Crippen LogP contribution is -2.34. The number of carbonyl (C=O) groups excluding carboxylic acids is 1. The molecule has 0 bridgehead atoms. The molecule has 0 heterocycles. The minimum Gasteiger partial charge on any atom is -0.327 e. The first-order valence-corrected chi connectivity index (χ1v) is 6.39. The molecule has 3 nitrogen and oxygen atoms in total. The molecule has 0 aromatic heterocycles. The summed E-state index contributed by atoms with van der Waals surface area (Å²) < 4.78 is 0.912. The lowest BCUT2D eigenvalue weighted by molar-refractivity contribution is -0.119. The molecule has 0 saturated carbocycles. The fourth-order valence-electron chi connectivity index (χ4n) is 1.08. The van der Waals surface area contributed by atoms with Gasteiger partial charge in [-0.1, -0.05) is 18.5 Å². The van der Waals surface area contributed by atoms with E-state index in [1.54, 1.807) is 18.2 Å². The maximum atomic E-state index is 11.8. The van der Waals surface area contributed by atoms with Gasteiger partial charge in [0.1, 0.15) is 0 Å². The van der Waals surface area contributed by atoms with Gasteiger partial charge in [0.05, 0.1) is 11.6 Å². The van der Waals surface area contributed by atoms with Gasteiger partial charge in [-0.25, -0.2) is 0 Å². The average molecular weight is 353 g/mol. The lowest BCUT2D eigenvalue weighted by atomic mass is 10.0. The van der Waals surface area contributed by atoms with Crippen molar-refractivity contribution in [2.24, 2.45) is 11.7 Å². The van der Waals surface area contributed by atoms with Crippen molar-refractivity contribution in [3.8, 4) is 0 Å². The number of rotatable bonds is 3. The van der Waals surface area contributed by atoms with Crippen molar-refractivity contribution < 1.29 is 4.79 Å². The van der Waals surface area contributed by atoms with Crippen LogP contribution in [-0.4, -0.2) is 11.9 Å². The molecule has 0 fully saturated rings. The summed E-state index contributed by atoms with van der Waals surface area (Å²) in [6.45, 7) is 3.62. The summed E-state index contributed by atoms with van der Waals surface area (Å²) in [5.41, 5.74) is 6.44. The minimum atomic E-state index is -0.216. The second-order valence-electron chi connectivity index (χ2n) is 3.76. The van der Waals surface area contributed by atoms with Gasteiger partial charge in [-0.2, -0.15) is 0 Å². The van der Waals surface area contributed by atoms with Crippen LogP contribution in [0.3, 0.4) is 0 Å². The Balaban J connectivity index is 2.77. The first-order chi connectivity index (χ1) is 7.41. The van der Waals surface area contributed by atoms with E-state index in [1.807, 2.05) is 13.8 Å². The van der Waals surface area contributed by atoms with Gasteiger partial charge in [-0.05, 0) is 47.7 Å². The number of halogens is 2. The van der Waals surface area contributed by atoms with E-state index >= 15 is 0 Å². The van der Waals surface area contributed by atoms with E-state index in [1.165, 1.54) is 0 Å². The van der Waals surface area contributed by atoms with Crippen LogP contribution in [-0.2, 0) is 4.79 Å². The van der Waals surface area contributed by atoms with Crippen LogP contribution in [0.5, 0.6) is 0 Å². The summed E-state index contributed by atoms with van der Waals surface area (Å²) in [4.78, 5) is 11.8. The fourth-order valence-corrected chi connectivity index (χ4v) is 2.08. The van der Waals surface area contributed by atoms with Crippen molar-refractivity contribution >= 4 is 45.8 Å². The highest BCUT2D eigenvalue weighted by atomic mass is 127. The molecule has 2 unspecified atom stereocenters. The van der Waals surface area contributed by atoms with Crippen molar-refractivity contribution in [3.63, 3.8) is 0 Å². The molecule has 0 aliphatic heterocycles. The zero-order valence-electron chi connectivity index (χ0n) is 9.13. The molecule has 1 rings (SSSR count). The number of hydrogen-bond donors (Lipinski definition) is 2. The normalized spacial score (nSPS) is 14.3. The molecule has 88 valence electrons. The Labute approximate surface area is 114 Å². The summed E-state index contributed by atoms with van der Waals surface area (Å²) in [6, 6.07) is 5.17. The highest BCUT2D eigenvalue weighted by molar-refractivity contribution is 14.1. The molecule has 0 radical (unpaired) electrons. The van der Waals surface area contributed by atoms with Gasteiger partial charge >= 0.3 is 0 Å². The fraction of sp³-hybridized carbons (Fsp3) is 0.364. The standard InChI is InChI=1S/C11H14ClIN2O/c1-6(7(2)14)11(16)15-10-4-3-8(12)5-9(10)13/h3-7H,14H2,1-2H3,(H,15,16). The Bertz CT molecular complexity index is 396. The maximum Gasteiger partial charge on any atom is 0.228 e. The maximum absolute atomic E-state index is 11.8. The molecule has 0 aliphatic rings. The second kappa shape index (κ2) is 5.84. The zero-order chi connectivity index (χ0) is 12.3. The van der Waals surface area contributed by atoms with Crippen LogP contribution in [0, 0.1) is 9.49 Å². The van der Waals surface area contributed by atoms with Gasteiger partial charge < -0.3 is 11.1 Å². The molecule has 1 aromatic rings. The monoisotopic (exact) mass is 352 g/mol. The summed E-state index contributed by atoms with van der Waals surface area (Å²) >= 11 is 7.96. The lowest BCUT2D eigenvalue weighted by Gasteiger charge is -2.16. The molecule has 1 amide bonds. The molecule has 0 saturated heterocycles. The van der Waals surface area contributed by atoms with Crippen LogP contribution >= 0.6 is 34.2 Å². The zero-order valence-corrected chi connectivity index (χ0v) is 12.0. The predicted octanol–water partition coefficient (Wildman–Crippen LogP) is 2.87. The quantitative estimate of drug-likeness (QED) is 0.822. The van der Waals surface area contributed by atoms with E-state index in [-0.39, 0.29) is 17.9 Å². The number of nitrogens with two attached hydrogens (primary N) is 1. The third-order valence-electron chi connectivity index (χ3n) is 2.39. The largest absolute Gasteiger partial charge is 0.327 e. The van der Waals surface area contributed by atoms with Gasteiger partial charge in [0, 0.05) is 14.6 Å². The molecule has 1 aromatic carbocycles. The van der Waals surface area contributed by atoms with E-state index in [0.717, 1.165) is 9.26 Å². The van der Waals surface area contributed by atoms with Gasteiger partial charge in [-0.15, -0.1) is 0 Å². The van der Waals surface area contributed by atoms with E-state index in [4.69, 9.17) is 17.3 Å².